The Kier molecular flexibility index (Phi) is 6.98. The van der Waals surface area contributed by atoms with Crippen molar-refractivity contribution in [2.45, 2.75) is 20.1 Å². The molecule has 150 valence electrons. The molecule has 0 fully saturated rings. The van der Waals surface area contributed by atoms with Gasteiger partial charge in [-0.15, -0.1) is 0 Å². The van der Waals surface area contributed by atoms with Gasteiger partial charge in [-0.25, -0.2) is 4.79 Å². The van der Waals surface area contributed by atoms with E-state index >= 15 is 0 Å². The number of para-hydroxylation sites is 2. The molecule has 0 saturated heterocycles. The van der Waals surface area contributed by atoms with Gasteiger partial charge in [0.15, 0.2) is 12.0 Å². The largest absolute Gasteiger partial charge is 0.515 e. The summed E-state index contributed by atoms with van der Waals surface area (Å²) >= 11 is 6.22. The van der Waals surface area contributed by atoms with Crippen LogP contribution in [0, 0.1) is 0 Å². The van der Waals surface area contributed by atoms with Crippen molar-refractivity contribution in [3.8, 4) is 17.2 Å². The number of rotatable bonds is 7. The molecule has 1 unspecified atom stereocenters. The van der Waals surface area contributed by atoms with Crippen LogP contribution < -0.4 is 14.4 Å². The third kappa shape index (κ3) is 5.65. The smallest absolute Gasteiger partial charge is 0.455 e. The minimum atomic E-state index is -0.783. The van der Waals surface area contributed by atoms with Crippen molar-refractivity contribution >= 4 is 23.4 Å². The van der Waals surface area contributed by atoms with Crippen molar-refractivity contribution in [1.29, 1.82) is 0 Å². The maximum Gasteiger partial charge on any atom is 0.515 e. The number of anilines is 1. The average molecular weight is 412 g/mol. The summed E-state index contributed by atoms with van der Waals surface area (Å²) in [7, 11) is 0. The molecule has 29 heavy (non-hydrogen) atoms. The highest BCUT2D eigenvalue weighted by Gasteiger charge is 2.22. The van der Waals surface area contributed by atoms with Crippen LogP contribution in [0.3, 0.4) is 0 Å². The van der Waals surface area contributed by atoms with Crippen LogP contribution in [0.1, 0.15) is 13.8 Å². The lowest BCUT2D eigenvalue weighted by atomic mass is 10.2. The van der Waals surface area contributed by atoms with Crippen LogP contribution in [0.5, 0.6) is 17.2 Å². The number of carbonyl (C=O) groups is 1. The third-order valence-corrected chi connectivity index (χ3v) is 4.43. The summed E-state index contributed by atoms with van der Waals surface area (Å²) in [6.45, 7) is 4.28. The topological polar surface area (TPSA) is 48.0 Å². The molecule has 3 aromatic carbocycles. The van der Waals surface area contributed by atoms with Gasteiger partial charge < -0.3 is 19.1 Å². The van der Waals surface area contributed by atoms with Crippen molar-refractivity contribution < 1.29 is 19.0 Å². The Morgan fingerprint density at radius 3 is 2.21 bits per heavy atom. The molecule has 3 aromatic rings. The quantitative estimate of drug-likeness (QED) is 0.251. The molecule has 0 radical (unpaired) electrons. The Labute approximate surface area is 175 Å². The van der Waals surface area contributed by atoms with E-state index < -0.39 is 12.4 Å². The maximum absolute atomic E-state index is 12.2. The van der Waals surface area contributed by atoms with Crippen LogP contribution in [-0.2, 0) is 4.74 Å². The monoisotopic (exact) mass is 411 g/mol. The van der Waals surface area contributed by atoms with E-state index in [1.54, 1.807) is 49.4 Å². The summed E-state index contributed by atoms with van der Waals surface area (Å²) in [5.41, 5.74) is 0.712. The van der Waals surface area contributed by atoms with E-state index in [0.717, 1.165) is 0 Å². The standard InChI is InChI=1S/C23H22ClNO4/c1-3-25(17(2)27-23(26)29-20-12-8-5-9-13-20)21-16-18(24)14-15-22(21)28-19-10-6-4-7-11-19/h4-17H,3H2,1-2H3. The molecule has 6 heteroatoms. The van der Waals surface area contributed by atoms with Gasteiger partial charge in [0.1, 0.15) is 11.5 Å². The number of halogens is 1. The number of ether oxygens (including phenoxy) is 3. The van der Waals surface area contributed by atoms with Gasteiger partial charge in [0.2, 0.25) is 0 Å². The Morgan fingerprint density at radius 2 is 1.59 bits per heavy atom. The van der Waals surface area contributed by atoms with Crippen LogP contribution in [0.2, 0.25) is 5.02 Å². The van der Waals surface area contributed by atoms with Crippen molar-refractivity contribution in [2.75, 3.05) is 11.4 Å². The summed E-state index contributed by atoms with van der Waals surface area (Å²) in [6.07, 6.45) is -1.39. The zero-order valence-corrected chi connectivity index (χ0v) is 17.0. The minimum Gasteiger partial charge on any atom is -0.455 e. The summed E-state index contributed by atoms with van der Waals surface area (Å²) in [5, 5.41) is 0.554. The number of benzene rings is 3. The van der Waals surface area contributed by atoms with Gasteiger partial charge in [0.25, 0.3) is 0 Å². The Hall–Kier alpha value is -3.18. The molecular formula is C23H22ClNO4. The first-order valence-corrected chi connectivity index (χ1v) is 9.67. The van der Waals surface area contributed by atoms with Crippen molar-refractivity contribution in [1.82, 2.24) is 0 Å². The number of hydrogen-bond donors (Lipinski definition) is 0. The molecule has 0 N–H and O–H groups in total. The molecule has 0 saturated carbocycles. The first-order chi connectivity index (χ1) is 14.1. The molecule has 0 aromatic heterocycles. The fourth-order valence-corrected chi connectivity index (χ4v) is 3.02. The first kappa shape index (κ1) is 20.6. The Morgan fingerprint density at radius 1 is 0.966 bits per heavy atom. The summed E-state index contributed by atoms with van der Waals surface area (Å²) in [6, 6.07) is 23.6. The van der Waals surface area contributed by atoms with Crippen LogP contribution >= 0.6 is 11.6 Å². The number of nitrogens with zero attached hydrogens (tertiary/aromatic N) is 1. The molecule has 0 amide bonds. The van der Waals surface area contributed by atoms with Gasteiger partial charge in [-0.1, -0.05) is 48.0 Å². The molecule has 0 aliphatic carbocycles. The second kappa shape index (κ2) is 9.85. The molecule has 3 rings (SSSR count). The van der Waals surface area contributed by atoms with E-state index in [1.807, 2.05) is 48.2 Å². The van der Waals surface area contributed by atoms with E-state index in [1.165, 1.54) is 0 Å². The highest BCUT2D eigenvalue weighted by atomic mass is 35.5. The summed E-state index contributed by atoms with van der Waals surface area (Å²) < 4.78 is 16.7. The van der Waals surface area contributed by atoms with E-state index in [0.29, 0.717) is 34.5 Å². The van der Waals surface area contributed by atoms with Crippen molar-refractivity contribution in [3.63, 3.8) is 0 Å². The molecular weight excluding hydrogens is 390 g/mol. The summed E-state index contributed by atoms with van der Waals surface area (Å²) in [5.74, 6) is 1.72. The molecule has 0 aliphatic rings. The first-order valence-electron chi connectivity index (χ1n) is 9.29. The van der Waals surface area contributed by atoms with Crippen LogP contribution in [-0.4, -0.2) is 18.9 Å². The average Bonchev–Trinajstić information content (AvgIpc) is 2.72. The molecule has 0 aliphatic heterocycles. The normalized spacial score (nSPS) is 11.4. The van der Waals surface area contributed by atoms with E-state index in [4.69, 9.17) is 25.8 Å². The Balaban J connectivity index is 1.77. The zero-order valence-electron chi connectivity index (χ0n) is 16.2. The predicted octanol–water partition coefficient (Wildman–Crippen LogP) is 6.52. The zero-order chi connectivity index (χ0) is 20.6. The highest BCUT2D eigenvalue weighted by molar-refractivity contribution is 6.31. The fraction of sp³-hybridized carbons (Fsp3) is 0.174. The lowest BCUT2D eigenvalue weighted by Crippen LogP contribution is -2.37. The van der Waals surface area contributed by atoms with Gasteiger partial charge >= 0.3 is 6.16 Å². The highest BCUT2D eigenvalue weighted by Crippen LogP contribution is 2.35. The molecule has 5 nitrogen and oxygen atoms in total. The second-order valence-electron chi connectivity index (χ2n) is 6.20. The number of carbonyl (C=O) groups excluding carboxylic acids is 1. The van der Waals surface area contributed by atoms with E-state index in [-0.39, 0.29) is 0 Å². The molecule has 0 spiro atoms. The van der Waals surface area contributed by atoms with Gasteiger partial charge in [0.05, 0.1) is 5.69 Å². The predicted molar refractivity (Wildman–Crippen MR) is 114 cm³/mol. The van der Waals surface area contributed by atoms with E-state index in [9.17, 15) is 4.79 Å². The lowest BCUT2D eigenvalue weighted by Gasteiger charge is -2.30. The van der Waals surface area contributed by atoms with Crippen LogP contribution in [0.15, 0.2) is 78.9 Å². The lowest BCUT2D eigenvalue weighted by molar-refractivity contribution is 0.0644. The Bertz CT molecular complexity index is 934. The van der Waals surface area contributed by atoms with Gasteiger partial charge in [-0.05, 0) is 56.3 Å². The third-order valence-electron chi connectivity index (χ3n) is 4.19. The van der Waals surface area contributed by atoms with Crippen LogP contribution in [0.4, 0.5) is 10.5 Å². The van der Waals surface area contributed by atoms with Gasteiger partial charge in [-0.3, -0.25) is 0 Å². The maximum atomic E-state index is 12.2. The van der Waals surface area contributed by atoms with E-state index in [2.05, 4.69) is 0 Å². The second-order valence-corrected chi connectivity index (χ2v) is 6.63. The van der Waals surface area contributed by atoms with Crippen molar-refractivity contribution in [3.05, 3.63) is 83.9 Å². The van der Waals surface area contributed by atoms with Gasteiger partial charge in [0, 0.05) is 11.6 Å². The molecule has 0 bridgehead atoms. The number of hydrogen-bond acceptors (Lipinski definition) is 5. The summed E-state index contributed by atoms with van der Waals surface area (Å²) in [4.78, 5) is 14.1. The molecule has 0 heterocycles. The minimum absolute atomic E-state index is 0.420. The van der Waals surface area contributed by atoms with Gasteiger partial charge in [-0.2, -0.15) is 0 Å². The van der Waals surface area contributed by atoms with Crippen molar-refractivity contribution in [2.24, 2.45) is 0 Å². The SMILES string of the molecule is CCN(c1cc(Cl)ccc1Oc1ccccc1)C(C)OC(=O)Oc1ccccc1. The van der Waals surface area contributed by atoms with Crippen LogP contribution in [0.25, 0.3) is 0 Å². The fourth-order valence-electron chi connectivity index (χ4n) is 2.85. The molecule has 1 atom stereocenters.